The van der Waals surface area contributed by atoms with Crippen LogP contribution in [-0.2, 0) is 0 Å². The van der Waals surface area contributed by atoms with Gasteiger partial charge in [-0.1, -0.05) is 12.1 Å². The molecule has 0 atom stereocenters. The van der Waals surface area contributed by atoms with E-state index < -0.39 is 0 Å². The second kappa shape index (κ2) is 4.74. The van der Waals surface area contributed by atoms with Gasteiger partial charge in [0.25, 0.3) is 0 Å². The van der Waals surface area contributed by atoms with E-state index in [1.165, 1.54) is 0 Å². The SMILES string of the molecule is COc1ccc(-c2cc(N)cnc2OC)cc1. The molecule has 4 heteroatoms. The molecule has 0 bridgehead atoms. The number of pyridine rings is 1. The molecule has 88 valence electrons. The highest BCUT2D eigenvalue weighted by Gasteiger charge is 2.07. The number of methoxy groups -OCH3 is 2. The van der Waals surface area contributed by atoms with Crippen molar-refractivity contribution in [2.24, 2.45) is 0 Å². The van der Waals surface area contributed by atoms with Gasteiger partial charge >= 0.3 is 0 Å². The molecule has 0 aliphatic heterocycles. The van der Waals surface area contributed by atoms with Crippen molar-refractivity contribution >= 4 is 5.69 Å². The van der Waals surface area contributed by atoms with Crippen molar-refractivity contribution in [3.8, 4) is 22.8 Å². The maximum Gasteiger partial charge on any atom is 0.221 e. The monoisotopic (exact) mass is 230 g/mol. The Morgan fingerprint density at radius 1 is 1.06 bits per heavy atom. The van der Waals surface area contributed by atoms with Crippen LogP contribution < -0.4 is 15.2 Å². The van der Waals surface area contributed by atoms with Crippen molar-refractivity contribution in [3.05, 3.63) is 36.5 Å². The third kappa shape index (κ3) is 2.30. The molecule has 0 unspecified atom stereocenters. The van der Waals surface area contributed by atoms with E-state index in [2.05, 4.69) is 4.98 Å². The highest BCUT2D eigenvalue weighted by Crippen LogP contribution is 2.30. The fourth-order valence-electron chi connectivity index (χ4n) is 1.61. The highest BCUT2D eigenvalue weighted by molar-refractivity contribution is 5.72. The molecule has 1 aromatic carbocycles. The van der Waals surface area contributed by atoms with Gasteiger partial charge in [-0.15, -0.1) is 0 Å². The molecule has 2 aromatic rings. The summed E-state index contributed by atoms with van der Waals surface area (Å²) in [5, 5.41) is 0. The van der Waals surface area contributed by atoms with Gasteiger partial charge in [-0.3, -0.25) is 0 Å². The normalized spacial score (nSPS) is 10.0. The Labute approximate surface area is 100 Å². The zero-order valence-electron chi connectivity index (χ0n) is 9.81. The number of ether oxygens (including phenoxy) is 2. The van der Waals surface area contributed by atoms with Crippen LogP contribution in [0.2, 0.25) is 0 Å². The molecule has 1 heterocycles. The van der Waals surface area contributed by atoms with Crippen LogP contribution in [0, 0.1) is 0 Å². The van der Waals surface area contributed by atoms with Crippen LogP contribution in [0.4, 0.5) is 5.69 Å². The lowest BCUT2D eigenvalue weighted by Gasteiger charge is -2.08. The Hall–Kier alpha value is -2.23. The summed E-state index contributed by atoms with van der Waals surface area (Å²) in [5.74, 6) is 1.37. The largest absolute Gasteiger partial charge is 0.497 e. The Balaban J connectivity index is 2.47. The lowest BCUT2D eigenvalue weighted by atomic mass is 10.1. The molecule has 0 fully saturated rings. The van der Waals surface area contributed by atoms with Crippen molar-refractivity contribution in [3.63, 3.8) is 0 Å². The van der Waals surface area contributed by atoms with E-state index in [-0.39, 0.29) is 0 Å². The van der Waals surface area contributed by atoms with E-state index in [1.54, 1.807) is 20.4 Å². The Morgan fingerprint density at radius 3 is 2.35 bits per heavy atom. The zero-order valence-corrected chi connectivity index (χ0v) is 9.81. The van der Waals surface area contributed by atoms with Gasteiger partial charge in [0, 0.05) is 5.56 Å². The third-order valence-corrected chi connectivity index (χ3v) is 2.47. The highest BCUT2D eigenvalue weighted by atomic mass is 16.5. The molecule has 0 radical (unpaired) electrons. The van der Waals surface area contributed by atoms with Gasteiger partial charge in [-0.25, -0.2) is 4.98 Å². The van der Waals surface area contributed by atoms with Gasteiger partial charge in [0.15, 0.2) is 0 Å². The molecule has 2 N–H and O–H groups in total. The lowest BCUT2D eigenvalue weighted by molar-refractivity contribution is 0.399. The van der Waals surface area contributed by atoms with Crippen LogP contribution in [0.25, 0.3) is 11.1 Å². The first kappa shape index (κ1) is 11.3. The molecular weight excluding hydrogens is 216 g/mol. The van der Waals surface area contributed by atoms with E-state index >= 15 is 0 Å². The number of anilines is 1. The summed E-state index contributed by atoms with van der Waals surface area (Å²) in [6.07, 6.45) is 1.58. The summed E-state index contributed by atoms with van der Waals surface area (Å²) >= 11 is 0. The Morgan fingerprint density at radius 2 is 1.76 bits per heavy atom. The Bertz CT molecular complexity index is 509. The second-order valence-electron chi connectivity index (χ2n) is 3.55. The molecule has 4 nitrogen and oxygen atoms in total. The third-order valence-electron chi connectivity index (χ3n) is 2.47. The van der Waals surface area contributed by atoms with Crippen LogP contribution in [0.1, 0.15) is 0 Å². The van der Waals surface area contributed by atoms with Crippen molar-refractivity contribution in [2.75, 3.05) is 20.0 Å². The molecule has 0 amide bonds. The van der Waals surface area contributed by atoms with E-state index in [0.29, 0.717) is 11.6 Å². The lowest BCUT2D eigenvalue weighted by Crippen LogP contribution is -1.94. The first-order valence-corrected chi connectivity index (χ1v) is 5.18. The van der Waals surface area contributed by atoms with Gasteiger partial charge in [0.05, 0.1) is 26.1 Å². The summed E-state index contributed by atoms with van der Waals surface area (Å²) in [6.45, 7) is 0. The molecule has 0 spiro atoms. The van der Waals surface area contributed by atoms with Crippen molar-refractivity contribution in [1.82, 2.24) is 4.98 Å². The van der Waals surface area contributed by atoms with Gasteiger partial charge in [0.2, 0.25) is 5.88 Å². The van der Waals surface area contributed by atoms with Crippen molar-refractivity contribution in [2.45, 2.75) is 0 Å². The molecule has 17 heavy (non-hydrogen) atoms. The van der Waals surface area contributed by atoms with Gasteiger partial charge in [-0.2, -0.15) is 0 Å². The van der Waals surface area contributed by atoms with Crippen molar-refractivity contribution < 1.29 is 9.47 Å². The average Bonchev–Trinajstić information content (AvgIpc) is 2.39. The smallest absolute Gasteiger partial charge is 0.221 e. The summed E-state index contributed by atoms with van der Waals surface area (Å²) in [7, 11) is 3.23. The van der Waals surface area contributed by atoms with E-state index in [4.69, 9.17) is 15.2 Å². The number of rotatable bonds is 3. The Kier molecular flexibility index (Phi) is 3.14. The number of nitrogens with zero attached hydrogens (tertiary/aromatic N) is 1. The first-order valence-electron chi connectivity index (χ1n) is 5.18. The summed E-state index contributed by atoms with van der Waals surface area (Å²) < 4.78 is 10.3. The molecular formula is C13H14N2O2. The summed E-state index contributed by atoms with van der Waals surface area (Å²) in [6, 6.07) is 9.50. The van der Waals surface area contributed by atoms with Crippen LogP contribution in [0.3, 0.4) is 0 Å². The number of nitrogens with two attached hydrogens (primary N) is 1. The zero-order chi connectivity index (χ0) is 12.3. The second-order valence-corrected chi connectivity index (χ2v) is 3.55. The summed E-state index contributed by atoms with van der Waals surface area (Å²) in [5.41, 5.74) is 8.20. The van der Waals surface area contributed by atoms with E-state index in [9.17, 15) is 0 Å². The molecule has 0 saturated heterocycles. The molecule has 0 aliphatic rings. The first-order chi connectivity index (χ1) is 8.24. The summed E-state index contributed by atoms with van der Waals surface area (Å²) in [4.78, 5) is 4.14. The molecule has 0 aliphatic carbocycles. The minimum Gasteiger partial charge on any atom is -0.497 e. The minimum absolute atomic E-state index is 0.560. The van der Waals surface area contributed by atoms with Crippen LogP contribution in [0.15, 0.2) is 36.5 Å². The average molecular weight is 230 g/mol. The van der Waals surface area contributed by atoms with Gasteiger partial charge < -0.3 is 15.2 Å². The standard InChI is InChI=1S/C13H14N2O2/c1-16-11-5-3-9(4-6-11)12-7-10(14)8-15-13(12)17-2/h3-8H,14H2,1-2H3. The maximum atomic E-state index is 5.73. The van der Waals surface area contributed by atoms with E-state index in [1.807, 2.05) is 30.3 Å². The topological polar surface area (TPSA) is 57.4 Å². The maximum absolute atomic E-state index is 5.73. The number of aromatic nitrogens is 1. The number of benzene rings is 1. The predicted octanol–water partition coefficient (Wildman–Crippen LogP) is 2.35. The van der Waals surface area contributed by atoms with E-state index in [0.717, 1.165) is 16.9 Å². The number of nitrogen functional groups attached to an aromatic ring is 1. The van der Waals surface area contributed by atoms with Gasteiger partial charge in [0.1, 0.15) is 5.75 Å². The minimum atomic E-state index is 0.560. The van der Waals surface area contributed by atoms with Gasteiger partial charge in [-0.05, 0) is 23.8 Å². The van der Waals surface area contributed by atoms with Crippen molar-refractivity contribution in [1.29, 1.82) is 0 Å². The predicted molar refractivity (Wildman–Crippen MR) is 67.2 cm³/mol. The number of hydrogen-bond donors (Lipinski definition) is 1. The quantitative estimate of drug-likeness (QED) is 0.879. The van der Waals surface area contributed by atoms with Crippen LogP contribution in [-0.4, -0.2) is 19.2 Å². The van der Waals surface area contributed by atoms with Crippen LogP contribution in [0.5, 0.6) is 11.6 Å². The fraction of sp³-hybridized carbons (Fsp3) is 0.154. The molecule has 2 rings (SSSR count). The fourth-order valence-corrected chi connectivity index (χ4v) is 1.61. The molecule has 1 aromatic heterocycles. The molecule has 0 saturated carbocycles. The van der Waals surface area contributed by atoms with Crippen LogP contribution >= 0.6 is 0 Å². The number of hydrogen-bond acceptors (Lipinski definition) is 4.